The van der Waals surface area contributed by atoms with Crippen LogP contribution < -0.4 is 5.32 Å². The summed E-state index contributed by atoms with van der Waals surface area (Å²) in [5, 5.41) is 22.1. The summed E-state index contributed by atoms with van der Waals surface area (Å²) in [7, 11) is 0. The third-order valence-corrected chi connectivity index (χ3v) is 4.46. The maximum atomic E-state index is 13.9. The standard InChI is InChI=1S/C17H16ClFN6O3/c1-10-17(25(27)28)11(2)24(21-10)9-16(26)20-15-6-7-23(22-15)8-12-13(18)4-3-5-14(12)19/h3-7H,8-9H2,1-2H3,(H,20,22,26). The number of aryl methyl sites for hydroxylation is 1. The summed E-state index contributed by atoms with van der Waals surface area (Å²) >= 11 is 6.00. The number of carbonyl (C=O) groups excluding carboxylic acids is 1. The van der Waals surface area contributed by atoms with Crippen LogP contribution in [0.5, 0.6) is 0 Å². The van der Waals surface area contributed by atoms with E-state index in [9.17, 15) is 19.3 Å². The fraction of sp³-hybridized carbons (Fsp3) is 0.235. The number of benzene rings is 1. The van der Waals surface area contributed by atoms with Gasteiger partial charge in [-0.05, 0) is 26.0 Å². The average molecular weight is 407 g/mol. The Balaban J connectivity index is 1.68. The monoisotopic (exact) mass is 406 g/mol. The molecule has 0 aliphatic heterocycles. The van der Waals surface area contributed by atoms with E-state index in [1.54, 1.807) is 18.3 Å². The molecular formula is C17H16ClFN6O3. The molecule has 11 heteroatoms. The topological polar surface area (TPSA) is 108 Å². The van der Waals surface area contributed by atoms with Crippen LogP contribution in [0.2, 0.25) is 5.02 Å². The Morgan fingerprint density at radius 1 is 1.32 bits per heavy atom. The summed E-state index contributed by atoms with van der Waals surface area (Å²) < 4.78 is 16.6. The second-order valence-electron chi connectivity index (χ2n) is 6.08. The van der Waals surface area contributed by atoms with Crippen LogP contribution in [-0.4, -0.2) is 30.4 Å². The number of hydrogen-bond acceptors (Lipinski definition) is 5. The highest BCUT2D eigenvalue weighted by Crippen LogP contribution is 2.22. The molecular weight excluding hydrogens is 391 g/mol. The van der Waals surface area contributed by atoms with Crippen molar-refractivity contribution in [2.45, 2.75) is 26.9 Å². The number of nitrogens with one attached hydrogen (secondary N) is 1. The van der Waals surface area contributed by atoms with E-state index in [-0.39, 0.29) is 41.0 Å². The summed E-state index contributed by atoms with van der Waals surface area (Å²) in [5.41, 5.74) is 0.706. The molecule has 0 atom stereocenters. The van der Waals surface area contributed by atoms with Crippen molar-refractivity contribution in [2.24, 2.45) is 0 Å². The third kappa shape index (κ3) is 4.01. The molecule has 0 aliphatic rings. The van der Waals surface area contributed by atoms with Gasteiger partial charge in [-0.25, -0.2) is 4.39 Å². The van der Waals surface area contributed by atoms with Gasteiger partial charge in [0.05, 0.1) is 11.5 Å². The molecule has 0 aliphatic carbocycles. The van der Waals surface area contributed by atoms with Crippen molar-refractivity contribution in [3.63, 3.8) is 0 Å². The molecule has 146 valence electrons. The lowest BCUT2D eigenvalue weighted by Crippen LogP contribution is -2.20. The molecule has 3 rings (SSSR count). The van der Waals surface area contributed by atoms with Gasteiger partial charge in [0.15, 0.2) is 5.82 Å². The lowest BCUT2D eigenvalue weighted by molar-refractivity contribution is -0.386. The number of amides is 1. The van der Waals surface area contributed by atoms with E-state index in [2.05, 4.69) is 15.5 Å². The number of halogens is 2. The van der Waals surface area contributed by atoms with Crippen LogP contribution in [-0.2, 0) is 17.9 Å². The van der Waals surface area contributed by atoms with Gasteiger partial charge in [-0.2, -0.15) is 10.2 Å². The molecule has 3 aromatic rings. The Kier molecular flexibility index (Phi) is 5.41. The zero-order chi connectivity index (χ0) is 20.4. The largest absolute Gasteiger partial charge is 0.312 e. The highest BCUT2D eigenvalue weighted by Gasteiger charge is 2.22. The molecule has 0 spiro atoms. The van der Waals surface area contributed by atoms with Gasteiger partial charge in [-0.1, -0.05) is 17.7 Å². The third-order valence-electron chi connectivity index (χ3n) is 4.11. The van der Waals surface area contributed by atoms with Crippen molar-refractivity contribution in [3.05, 3.63) is 68.4 Å². The number of hydrogen-bond donors (Lipinski definition) is 1. The van der Waals surface area contributed by atoms with Gasteiger partial charge < -0.3 is 5.32 Å². The van der Waals surface area contributed by atoms with Gasteiger partial charge in [-0.15, -0.1) is 0 Å². The van der Waals surface area contributed by atoms with E-state index in [0.29, 0.717) is 5.56 Å². The zero-order valence-corrected chi connectivity index (χ0v) is 15.8. The van der Waals surface area contributed by atoms with Gasteiger partial charge in [0.2, 0.25) is 5.91 Å². The maximum absolute atomic E-state index is 13.9. The van der Waals surface area contributed by atoms with Gasteiger partial charge in [-0.3, -0.25) is 24.3 Å². The number of nitro groups is 1. The Morgan fingerprint density at radius 2 is 2.07 bits per heavy atom. The molecule has 2 aromatic heterocycles. The number of anilines is 1. The first-order valence-corrected chi connectivity index (χ1v) is 8.58. The Labute approximate surface area is 163 Å². The summed E-state index contributed by atoms with van der Waals surface area (Å²) in [4.78, 5) is 22.7. The van der Waals surface area contributed by atoms with E-state index in [0.717, 1.165) is 0 Å². The predicted molar refractivity (Wildman–Crippen MR) is 99.7 cm³/mol. The van der Waals surface area contributed by atoms with Crippen LogP contribution in [0.25, 0.3) is 0 Å². The summed E-state index contributed by atoms with van der Waals surface area (Å²) in [5.74, 6) is -0.636. The normalized spacial score (nSPS) is 10.9. The minimum atomic E-state index is -0.526. The zero-order valence-electron chi connectivity index (χ0n) is 15.0. The smallest absolute Gasteiger partial charge is 0.308 e. The quantitative estimate of drug-likeness (QED) is 0.500. The number of carbonyl (C=O) groups is 1. The lowest BCUT2D eigenvalue weighted by atomic mass is 10.2. The van der Waals surface area contributed by atoms with Crippen LogP contribution in [0.4, 0.5) is 15.9 Å². The summed E-state index contributed by atoms with van der Waals surface area (Å²) in [6.45, 7) is 2.94. The molecule has 1 amide bonds. The van der Waals surface area contributed by atoms with Crippen LogP contribution >= 0.6 is 11.6 Å². The highest BCUT2D eigenvalue weighted by molar-refractivity contribution is 6.31. The summed E-state index contributed by atoms with van der Waals surface area (Å²) in [6.07, 6.45) is 1.58. The predicted octanol–water partition coefficient (Wildman–Crippen LogP) is 3.08. The van der Waals surface area contributed by atoms with E-state index < -0.39 is 16.6 Å². The first kappa shape index (κ1) is 19.5. The second kappa shape index (κ2) is 7.77. The van der Waals surface area contributed by atoms with Gasteiger partial charge >= 0.3 is 5.69 Å². The number of rotatable bonds is 6. The van der Waals surface area contributed by atoms with E-state index in [1.165, 1.54) is 35.3 Å². The molecule has 0 unspecified atom stereocenters. The second-order valence-corrected chi connectivity index (χ2v) is 6.49. The van der Waals surface area contributed by atoms with Crippen molar-refractivity contribution in [3.8, 4) is 0 Å². The van der Waals surface area contributed by atoms with E-state index in [4.69, 9.17) is 11.6 Å². The average Bonchev–Trinajstić information content (AvgIpc) is 3.15. The molecule has 9 nitrogen and oxygen atoms in total. The number of aromatic nitrogens is 4. The minimum absolute atomic E-state index is 0.102. The van der Waals surface area contributed by atoms with Crippen LogP contribution in [0.3, 0.4) is 0 Å². The Morgan fingerprint density at radius 3 is 2.71 bits per heavy atom. The highest BCUT2D eigenvalue weighted by atomic mass is 35.5. The first-order valence-electron chi connectivity index (χ1n) is 8.21. The SMILES string of the molecule is Cc1nn(CC(=O)Nc2ccn(Cc3c(F)cccc3Cl)n2)c(C)c1[N+](=O)[O-]. The maximum Gasteiger partial charge on any atom is 0.312 e. The van der Waals surface area contributed by atoms with E-state index in [1.807, 2.05) is 0 Å². The fourth-order valence-corrected chi connectivity index (χ4v) is 3.01. The molecule has 0 saturated heterocycles. The minimum Gasteiger partial charge on any atom is -0.308 e. The van der Waals surface area contributed by atoms with Crippen molar-refractivity contribution < 1.29 is 14.1 Å². The first-order chi connectivity index (χ1) is 13.3. The molecule has 0 radical (unpaired) electrons. The van der Waals surface area contributed by atoms with Crippen LogP contribution in [0.1, 0.15) is 17.0 Å². The van der Waals surface area contributed by atoms with E-state index >= 15 is 0 Å². The lowest BCUT2D eigenvalue weighted by Gasteiger charge is -2.06. The molecule has 28 heavy (non-hydrogen) atoms. The van der Waals surface area contributed by atoms with Crippen LogP contribution in [0.15, 0.2) is 30.5 Å². The van der Waals surface area contributed by atoms with Gasteiger partial charge in [0.25, 0.3) is 0 Å². The van der Waals surface area contributed by atoms with Crippen LogP contribution in [0, 0.1) is 29.8 Å². The molecule has 0 fully saturated rings. The Bertz CT molecular complexity index is 1040. The summed E-state index contributed by atoms with van der Waals surface area (Å²) in [6, 6.07) is 5.95. The fourth-order valence-electron chi connectivity index (χ4n) is 2.79. The molecule has 1 aromatic carbocycles. The number of nitrogens with zero attached hydrogens (tertiary/aromatic N) is 5. The molecule has 2 heterocycles. The van der Waals surface area contributed by atoms with Crippen molar-refractivity contribution in [2.75, 3.05) is 5.32 Å². The van der Waals surface area contributed by atoms with Gasteiger partial charge in [0.1, 0.15) is 23.7 Å². The van der Waals surface area contributed by atoms with Crippen molar-refractivity contribution >= 4 is 29.0 Å². The Hall–Kier alpha value is -3.27. The van der Waals surface area contributed by atoms with Crippen molar-refractivity contribution in [1.29, 1.82) is 0 Å². The van der Waals surface area contributed by atoms with Gasteiger partial charge in [0, 0.05) is 22.8 Å². The molecule has 0 saturated carbocycles. The molecule has 1 N–H and O–H groups in total. The molecule has 0 bridgehead atoms. The van der Waals surface area contributed by atoms with Crippen molar-refractivity contribution in [1.82, 2.24) is 19.6 Å².